The minimum atomic E-state index is -0.235. The Bertz CT molecular complexity index is 645. The van der Waals surface area contributed by atoms with Gasteiger partial charge in [-0.1, -0.05) is 12.2 Å². The molecule has 2 heterocycles. The van der Waals surface area contributed by atoms with E-state index in [4.69, 9.17) is 0 Å². The van der Waals surface area contributed by atoms with Gasteiger partial charge in [0.25, 0.3) is 0 Å². The molecule has 3 atom stereocenters. The Morgan fingerprint density at radius 2 is 1.79 bits per heavy atom. The number of carbonyl (C=O) groups excluding carboxylic acids is 3. The molecule has 0 radical (unpaired) electrons. The summed E-state index contributed by atoms with van der Waals surface area (Å²) in [6.45, 7) is 2.04. The number of rotatable bonds is 5. The van der Waals surface area contributed by atoms with Gasteiger partial charge in [0, 0.05) is 25.4 Å². The molecule has 1 saturated heterocycles. The van der Waals surface area contributed by atoms with E-state index in [1.165, 1.54) is 4.90 Å². The molecule has 0 saturated carbocycles. The summed E-state index contributed by atoms with van der Waals surface area (Å²) in [6.07, 6.45) is 8.64. The zero-order valence-electron chi connectivity index (χ0n) is 13.6. The van der Waals surface area contributed by atoms with Gasteiger partial charge in [-0.25, -0.2) is 0 Å². The fourth-order valence-electron chi connectivity index (χ4n) is 3.35. The Labute approximate surface area is 140 Å². The largest absolute Gasteiger partial charge is 0.350 e. The quantitative estimate of drug-likeness (QED) is 0.658. The second kappa shape index (κ2) is 6.95. The van der Waals surface area contributed by atoms with Gasteiger partial charge in [0.2, 0.25) is 17.7 Å². The summed E-state index contributed by atoms with van der Waals surface area (Å²) >= 11 is 0. The fourth-order valence-corrected chi connectivity index (χ4v) is 3.35. The van der Waals surface area contributed by atoms with Gasteiger partial charge in [0.1, 0.15) is 0 Å². The number of nitrogens with one attached hydrogen (secondary N) is 1. The van der Waals surface area contributed by atoms with Crippen LogP contribution >= 0.6 is 0 Å². The molecule has 1 aromatic heterocycles. The average molecular weight is 327 g/mol. The number of amides is 3. The van der Waals surface area contributed by atoms with Gasteiger partial charge in [0.15, 0.2) is 0 Å². The highest BCUT2D eigenvalue weighted by Gasteiger charge is 2.46. The van der Waals surface area contributed by atoms with Crippen LogP contribution in [0.25, 0.3) is 0 Å². The number of nitrogens with zero attached hydrogens (tertiary/aromatic N) is 2. The van der Waals surface area contributed by atoms with Crippen molar-refractivity contribution in [2.75, 3.05) is 6.54 Å². The standard InChI is InChI=1S/C18H21N3O3/c1-12(13-6-9-19-10-7-13)20-16(22)8-11-21-17(23)14-4-2-3-5-15(14)18(21)24/h2-3,6-7,9-10,12,14-15H,4-5,8,11H2,1H3,(H,20,22)/t12-,14-,15+/m0/s1. The molecule has 0 bridgehead atoms. The minimum Gasteiger partial charge on any atom is -0.350 e. The van der Waals surface area contributed by atoms with Gasteiger partial charge < -0.3 is 5.32 Å². The highest BCUT2D eigenvalue weighted by Crippen LogP contribution is 2.34. The zero-order chi connectivity index (χ0) is 17.1. The SMILES string of the molecule is C[C@H](NC(=O)CCN1C(=O)[C@H]2CC=CC[C@H]2C1=O)c1ccncc1. The van der Waals surface area contributed by atoms with Crippen LogP contribution in [0.1, 0.15) is 37.8 Å². The number of aromatic nitrogens is 1. The van der Waals surface area contributed by atoms with Crippen LogP contribution in [0.3, 0.4) is 0 Å². The number of allylic oxidation sites excluding steroid dienone is 2. The molecule has 1 aliphatic carbocycles. The molecule has 0 unspecified atom stereocenters. The fraction of sp³-hybridized carbons (Fsp3) is 0.444. The van der Waals surface area contributed by atoms with Gasteiger partial charge in [-0.05, 0) is 37.5 Å². The van der Waals surface area contributed by atoms with E-state index >= 15 is 0 Å². The van der Waals surface area contributed by atoms with Crippen LogP contribution in [0, 0.1) is 11.8 Å². The molecule has 6 nitrogen and oxygen atoms in total. The second-order valence-electron chi connectivity index (χ2n) is 6.30. The van der Waals surface area contributed by atoms with Crippen molar-refractivity contribution in [2.24, 2.45) is 11.8 Å². The maximum absolute atomic E-state index is 12.3. The molecule has 2 aliphatic rings. The molecule has 24 heavy (non-hydrogen) atoms. The lowest BCUT2D eigenvalue weighted by Gasteiger charge is -2.17. The molecular weight excluding hydrogens is 306 g/mol. The maximum Gasteiger partial charge on any atom is 0.233 e. The van der Waals surface area contributed by atoms with Crippen LogP contribution < -0.4 is 5.32 Å². The highest BCUT2D eigenvalue weighted by molar-refractivity contribution is 6.05. The first-order chi connectivity index (χ1) is 11.6. The van der Waals surface area contributed by atoms with Gasteiger partial charge in [-0.2, -0.15) is 0 Å². The van der Waals surface area contributed by atoms with Crippen LogP contribution in [0.15, 0.2) is 36.7 Å². The van der Waals surface area contributed by atoms with Crippen molar-refractivity contribution in [3.8, 4) is 0 Å². The highest BCUT2D eigenvalue weighted by atomic mass is 16.2. The minimum absolute atomic E-state index is 0.125. The molecule has 1 N–H and O–H groups in total. The van der Waals surface area contributed by atoms with E-state index in [-0.39, 0.29) is 48.6 Å². The van der Waals surface area contributed by atoms with Crippen LogP contribution in [0.2, 0.25) is 0 Å². The topological polar surface area (TPSA) is 79.4 Å². The number of hydrogen-bond donors (Lipinski definition) is 1. The van der Waals surface area contributed by atoms with Crippen molar-refractivity contribution in [2.45, 2.75) is 32.2 Å². The monoisotopic (exact) mass is 327 g/mol. The van der Waals surface area contributed by atoms with E-state index < -0.39 is 0 Å². The number of fused-ring (bicyclic) bond motifs is 1. The van der Waals surface area contributed by atoms with Gasteiger partial charge in [0.05, 0.1) is 17.9 Å². The number of imide groups is 1. The van der Waals surface area contributed by atoms with Crippen molar-refractivity contribution in [1.82, 2.24) is 15.2 Å². The van der Waals surface area contributed by atoms with Crippen molar-refractivity contribution in [1.29, 1.82) is 0 Å². The summed E-state index contributed by atoms with van der Waals surface area (Å²) in [5, 5.41) is 2.88. The van der Waals surface area contributed by atoms with Crippen LogP contribution in [-0.2, 0) is 14.4 Å². The summed E-state index contributed by atoms with van der Waals surface area (Å²) in [6, 6.07) is 3.55. The normalized spacial score (nSPS) is 24.0. The summed E-state index contributed by atoms with van der Waals surface area (Å²) in [5.41, 5.74) is 0.962. The molecule has 3 rings (SSSR count). The number of hydrogen-bond acceptors (Lipinski definition) is 4. The van der Waals surface area contributed by atoms with Gasteiger partial charge >= 0.3 is 0 Å². The van der Waals surface area contributed by atoms with E-state index in [0.29, 0.717) is 12.8 Å². The predicted octanol–water partition coefficient (Wildman–Crippen LogP) is 1.60. The van der Waals surface area contributed by atoms with Gasteiger partial charge in [-0.3, -0.25) is 24.3 Å². The van der Waals surface area contributed by atoms with Crippen LogP contribution in [-0.4, -0.2) is 34.2 Å². The molecular formula is C18H21N3O3. The third-order valence-electron chi connectivity index (χ3n) is 4.74. The van der Waals surface area contributed by atoms with Crippen molar-refractivity contribution in [3.05, 3.63) is 42.2 Å². The molecule has 1 fully saturated rings. The number of likely N-dealkylation sites (tertiary alicyclic amines) is 1. The first kappa shape index (κ1) is 16.4. The predicted molar refractivity (Wildman–Crippen MR) is 87.5 cm³/mol. The van der Waals surface area contributed by atoms with Crippen LogP contribution in [0.5, 0.6) is 0 Å². The maximum atomic E-state index is 12.3. The van der Waals surface area contributed by atoms with Gasteiger partial charge in [-0.15, -0.1) is 0 Å². The lowest BCUT2D eigenvalue weighted by atomic mass is 9.85. The smallest absolute Gasteiger partial charge is 0.233 e. The molecule has 0 spiro atoms. The van der Waals surface area contributed by atoms with E-state index in [9.17, 15) is 14.4 Å². The van der Waals surface area contributed by atoms with E-state index in [0.717, 1.165) is 5.56 Å². The summed E-state index contributed by atoms with van der Waals surface area (Å²) in [4.78, 5) is 42.0. The Balaban J connectivity index is 1.53. The summed E-state index contributed by atoms with van der Waals surface area (Å²) < 4.78 is 0. The second-order valence-corrected chi connectivity index (χ2v) is 6.30. The Morgan fingerprint density at radius 1 is 1.21 bits per heavy atom. The molecule has 126 valence electrons. The third-order valence-corrected chi connectivity index (χ3v) is 4.74. The Morgan fingerprint density at radius 3 is 2.38 bits per heavy atom. The van der Waals surface area contributed by atoms with Crippen LogP contribution in [0.4, 0.5) is 0 Å². The average Bonchev–Trinajstić information content (AvgIpc) is 2.85. The number of carbonyl (C=O) groups is 3. The van der Waals surface area contributed by atoms with E-state index in [1.54, 1.807) is 12.4 Å². The van der Waals surface area contributed by atoms with E-state index in [2.05, 4.69) is 10.3 Å². The lowest BCUT2D eigenvalue weighted by molar-refractivity contribution is -0.140. The third kappa shape index (κ3) is 3.22. The van der Waals surface area contributed by atoms with Crippen molar-refractivity contribution < 1.29 is 14.4 Å². The molecule has 0 aromatic carbocycles. The Kier molecular flexibility index (Phi) is 4.74. The summed E-state index contributed by atoms with van der Waals surface area (Å²) in [7, 11) is 0. The zero-order valence-corrected chi connectivity index (χ0v) is 13.6. The van der Waals surface area contributed by atoms with Crippen molar-refractivity contribution >= 4 is 17.7 Å². The molecule has 1 aliphatic heterocycles. The summed E-state index contributed by atoms with van der Waals surface area (Å²) in [5.74, 6) is -0.913. The first-order valence-corrected chi connectivity index (χ1v) is 8.27. The molecule has 6 heteroatoms. The Hall–Kier alpha value is -2.50. The molecule has 1 aromatic rings. The van der Waals surface area contributed by atoms with E-state index in [1.807, 2.05) is 31.2 Å². The van der Waals surface area contributed by atoms with Crippen molar-refractivity contribution in [3.63, 3.8) is 0 Å². The molecule has 3 amide bonds. The lowest BCUT2D eigenvalue weighted by Crippen LogP contribution is -2.36. The first-order valence-electron chi connectivity index (χ1n) is 8.27. The number of pyridine rings is 1.